The Kier molecular flexibility index (Phi) is 6.45. The Bertz CT molecular complexity index is 279. The fourth-order valence-corrected chi connectivity index (χ4v) is 1.62. The molecule has 1 saturated heterocycles. The number of rotatable bonds is 6. The SMILES string of the molecule is CCCC(NC(=O)NCC1COCCO1)C(=O)O. The van der Waals surface area contributed by atoms with Gasteiger partial charge in [-0.3, -0.25) is 0 Å². The molecular formula is C11H20N2O5. The maximum atomic E-state index is 11.5. The highest BCUT2D eigenvalue weighted by Crippen LogP contribution is 1.99. The normalized spacial score (nSPS) is 21.1. The number of hydrogen-bond acceptors (Lipinski definition) is 4. The number of carbonyl (C=O) groups is 2. The zero-order chi connectivity index (χ0) is 13.4. The quantitative estimate of drug-likeness (QED) is 0.622. The van der Waals surface area contributed by atoms with Crippen molar-refractivity contribution in [1.82, 2.24) is 10.6 Å². The number of carboxylic acids is 1. The summed E-state index contributed by atoms with van der Waals surface area (Å²) in [7, 11) is 0. The summed E-state index contributed by atoms with van der Waals surface area (Å²) in [6.45, 7) is 3.70. The standard InChI is InChI=1S/C11H20N2O5/c1-2-3-9(10(14)15)13-11(16)12-6-8-7-17-4-5-18-8/h8-9H,2-7H2,1H3,(H,14,15)(H2,12,13,16). The number of hydrogen-bond donors (Lipinski definition) is 3. The second kappa shape index (κ2) is 7.88. The molecule has 104 valence electrons. The minimum absolute atomic E-state index is 0.168. The summed E-state index contributed by atoms with van der Waals surface area (Å²) in [4.78, 5) is 22.3. The molecular weight excluding hydrogens is 240 g/mol. The second-order valence-electron chi connectivity index (χ2n) is 4.10. The van der Waals surface area contributed by atoms with Crippen LogP contribution in [0.1, 0.15) is 19.8 Å². The third-order valence-electron chi connectivity index (χ3n) is 2.56. The van der Waals surface area contributed by atoms with Gasteiger partial charge < -0.3 is 25.2 Å². The summed E-state index contributed by atoms with van der Waals surface area (Å²) in [6.07, 6.45) is 0.932. The first-order valence-corrected chi connectivity index (χ1v) is 6.10. The maximum absolute atomic E-state index is 11.5. The minimum atomic E-state index is -1.02. The summed E-state index contributed by atoms with van der Waals surface area (Å²) in [5.74, 6) is -1.02. The molecule has 1 aliphatic heterocycles. The summed E-state index contributed by atoms with van der Waals surface area (Å²) >= 11 is 0. The lowest BCUT2D eigenvalue weighted by Gasteiger charge is -2.23. The Hall–Kier alpha value is -1.34. The van der Waals surface area contributed by atoms with Crippen molar-refractivity contribution in [1.29, 1.82) is 0 Å². The zero-order valence-electron chi connectivity index (χ0n) is 10.5. The lowest BCUT2D eigenvalue weighted by atomic mass is 10.2. The van der Waals surface area contributed by atoms with Gasteiger partial charge in [-0.1, -0.05) is 13.3 Å². The van der Waals surface area contributed by atoms with Gasteiger partial charge in [0.25, 0.3) is 0 Å². The molecule has 0 aliphatic carbocycles. The van der Waals surface area contributed by atoms with Crippen molar-refractivity contribution >= 4 is 12.0 Å². The van der Waals surface area contributed by atoms with E-state index in [4.69, 9.17) is 14.6 Å². The monoisotopic (exact) mass is 260 g/mol. The summed E-state index contributed by atoms with van der Waals surface area (Å²) in [6, 6.07) is -1.34. The van der Waals surface area contributed by atoms with Gasteiger partial charge in [-0.2, -0.15) is 0 Å². The fraction of sp³-hybridized carbons (Fsp3) is 0.818. The van der Waals surface area contributed by atoms with Crippen LogP contribution in [0.25, 0.3) is 0 Å². The maximum Gasteiger partial charge on any atom is 0.326 e. The number of carboxylic acid groups (broad SMARTS) is 1. The van der Waals surface area contributed by atoms with Crippen LogP contribution in [0.5, 0.6) is 0 Å². The third-order valence-corrected chi connectivity index (χ3v) is 2.56. The third kappa shape index (κ3) is 5.33. The van der Waals surface area contributed by atoms with Crippen LogP contribution >= 0.6 is 0 Å². The molecule has 0 bridgehead atoms. The van der Waals surface area contributed by atoms with Crippen LogP contribution in [0.15, 0.2) is 0 Å². The largest absolute Gasteiger partial charge is 0.480 e. The molecule has 2 amide bonds. The molecule has 18 heavy (non-hydrogen) atoms. The van der Waals surface area contributed by atoms with Gasteiger partial charge >= 0.3 is 12.0 Å². The van der Waals surface area contributed by atoms with Gasteiger partial charge in [0.05, 0.1) is 25.9 Å². The fourth-order valence-electron chi connectivity index (χ4n) is 1.62. The van der Waals surface area contributed by atoms with Gasteiger partial charge in [0, 0.05) is 6.54 Å². The second-order valence-corrected chi connectivity index (χ2v) is 4.10. The number of aliphatic carboxylic acids is 1. The molecule has 1 heterocycles. The smallest absolute Gasteiger partial charge is 0.326 e. The van der Waals surface area contributed by atoms with Crippen molar-refractivity contribution in [3.8, 4) is 0 Å². The van der Waals surface area contributed by atoms with Gasteiger partial charge in [0.2, 0.25) is 0 Å². The Labute approximate surface area is 106 Å². The molecule has 0 aromatic rings. The molecule has 0 saturated carbocycles. The zero-order valence-corrected chi connectivity index (χ0v) is 10.5. The molecule has 0 radical (unpaired) electrons. The van der Waals surface area contributed by atoms with Gasteiger partial charge in [0.1, 0.15) is 6.04 Å². The van der Waals surface area contributed by atoms with Crippen molar-refractivity contribution in [2.45, 2.75) is 31.9 Å². The summed E-state index contributed by atoms with van der Waals surface area (Å²) in [5, 5.41) is 13.9. The van der Waals surface area contributed by atoms with Crippen LogP contribution in [0.4, 0.5) is 4.79 Å². The topological polar surface area (TPSA) is 96.9 Å². The molecule has 0 aromatic carbocycles. The Balaban J connectivity index is 2.24. The molecule has 2 atom stereocenters. The summed E-state index contributed by atoms with van der Waals surface area (Å²) in [5.41, 5.74) is 0. The number of carbonyl (C=O) groups excluding carboxylic acids is 1. The van der Waals surface area contributed by atoms with E-state index in [1.54, 1.807) is 0 Å². The lowest BCUT2D eigenvalue weighted by molar-refractivity contribution is -0.139. The first-order chi connectivity index (χ1) is 8.63. The first kappa shape index (κ1) is 14.7. The van der Waals surface area contributed by atoms with Crippen molar-refractivity contribution in [2.75, 3.05) is 26.4 Å². The van der Waals surface area contributed by atoms with Crippen LogP contribution in [0.3, 0.4) is 0 Å². The predicted octanol–water partition coefficient (Wildman–Crippen LogP) is -0.0457. The Morgan fingerprint density at radius 2 is 2.22 bits per heavy atom. The highest BCUT2D eigenvalue weighted by atomic mass is 16.6. The molecule has 0 spiro atoms. The van der Waals surface area contributed by atoms with E-state index in [2.05, 4.69) is 10.6 Å². The number of nitrogens with one attached hydrogen (secondary N) is 2. The van der Waals surface area contributed by atoms with E-state index >= 15 is 0 Å². The molecule has 1 rings (SSSR count). The van der Waals surface area contributed by atoms with E-state index in [0.717, 1.165) is 0 Å². The van der Waals surface area contributed by atoms with Crippen LogP contribution in [-0.4, -0.2) is 55.6 Å². The molecule has 1 fully saturated rings. The van der Waals surface area contributed by atoms with Crippen molar-refractivity contribution < 1.29 is 24.2 Å². The molecule has 3 N–H and O–H groups in total. The van der Waals surface area contributed by atoms with E-state index in [1.807, 2.05) is 6.92 Å². The van der Waals surface area contributed by atoms with E-state index in [1.165, 1.54) is 0 Å². The van der Waals surface area contributed by atoms with Gasteiger partial charge in [0.15, 0.2) is 0 Å². The average Bonchev–Trinajstić information content (AvgIpc) is 2.37. The Morgan fingerprint density at radius 1 is 1.44 bits per heavy atom. The van der Waals surface area contributed by atoms with Crippen LogP contribution in [0.2, 0.25) is 0 Å². The van der Waals surface area contributed by atoms with Crippen LogP contribution < -0.4 is 10.6 Å². The van der Waals surface area contributed by atoms with Gasteiger partial charge in [-0.05, 0) is 6.42 Å². The predicted molar refractivity (Wildman–Crippen MR) is 63.4 cm³/mol. The minimum Gasteiger partial charge on any atom is -0.480 e. The van der Waals surface area contributed by atoms with Gasteiger partial charge in [-0.15, -0.1) is 0 Å². The lowest BCUT2D eigenvalue weighted by Crippen LogP contribution is -2.49. The highest BCUT2D eigenvalue weighted by Gasteiger charge is 2.20. The Morgan fingerprint density at radius 3 is 2.78 bits per heavy atom. The number of ether oxygens (including phenoxy) is 2. The summed E-state index contributed by atoms with van der Waals surface area (Å²) < 4.78 is 10.5. The van der Waals surface area contributed by atoms with E-state index in [9.17, 15) is 9.59 Å². The average molecular weight is 260 g/mol. The van der Waals surface area contributed by atoms with Crippen molar-refractivity contribution in [3.63, 3.8) is 0 Å². The van der Waals surface area contributed by atoms with Crippen LogP contribution in [0, 0.1) is 0 Å². The van der Waals surface area contributed by atoms with E-state index in [-0.39, 0.29) is 6.10 Å². The number of amides is 2. The van der Waals surface area contributed by atoms with E-state index in [0.29, 0.717) is 39.2 Å². The molecule has 0 aromatic heterocycles. The highest BCUT2D eigenvalue weighted by molar-refractivity contribution is 5.82. The first-order valence-electron chi connectivity index (χ1n) is 6.10. The van der Waals surface area contributed by atoms with Crippen molar-refractivity contribution in [3.05, 3.63) is 0 Å². The molecule has 2 unspecified atom stereocenters. The van der Waals surface area contributed by atoms with E-state index < -0.39 is 18.0 Å². The van der Waals surface area contributed by atoms with Crippen LogP contribution in [-0.2, 0) is 14.3 Å². The van der Waals surface area contributed by atoms with Gasteiger partial charge in [-0.25, -0.2) is 9.59 Å². The van der Waals surface area contributed by atoms with Crippen molar-refractivity contribution in [2.24, 2.45) is 0 Å². The molecule has 7 nitrogen and oxygen atoms in total. The molecule has 1 aliphatic rings. The number of urea groups is 1. The molecule has 7 heteroatoms.